The van der Waals surface area contributed by atoms with Crippen LogP contribution in [0.2, 0.25) is 0 Å². The molecular weight excluding hydrogens is 286 g/mol. The molecule has 0 aliphatic carbocycles. The fraction of sp³-hybridized carbons (Fsp3) is 0.333. The van der Waals surface area contributed by atoms with Gasteiger partial charge < -0.3 is 15.2 Å². The van der Waals surface area contributed by atoms with Gasteiger partial charge in [0.2, 0.25) is 5.91 Å². The molecule has 1 aromatic rings. The molecule has 0 heterocycles. The molecule has 0 bridgehead atoms. The number of ether oxygens (including phenoxy) is 1. The number of hydrogen-bond donors (Lipinski definition) is 2. The Morgan fingerprint density at radius 1 is 1.35 bits per heavy atom. The Morgan fingerprint density at radius 2 is 2.05 bits per heavy atom. The highest BCUT2D eigenvalue weighted by molar-refractivity contribution is 7.92. The van der Waals surface area contributed by atoms with E-state index in [9.17, 15) is 18.0 Å². The summed E-state index contributed by atoms with van der Waals surface area (Å²) in [6, 6.07) is 4.88. The third-order valence-corrected chi connectivity index (χ3v) is 4.00. The van der Waals surface area contributed by atoms with Crippen LogP contribution in [0.5, 0.6) is 0 Å². The smallest absolute Gasteiger partial charge is 0.335 e. The number of carbonyl (C=O) groups is 2. The van der Waals surface area contributed by atoms with Crippen molar-refractivity contribution in [1.82, 2.24) is 5.32 Å². The molecule has 1 aromatic carbocycles. The Hall–Kier alpha value is -1.93. The Kier molecular flexibility index (Phi) is 5.66. The summed E-state index contributed by atoms with van der Waals surface area (Å²) in [6.45, 7) is 0.486. The van der Waals surface area contributed by atoms with E-state index < -0.39 is 27.5 Å². The van der Waals surface area contributed by atoms with Crippen molar-refractivity contribution < 1.29 is 27.9 Å². The van der Waals surface area contributed by atoms with Gasteiger partial charge in [-0.05, 0) is 18.2 Å². The summed E-state index contributed by atoms with van der Waals surface area (Å²) in [5, 5.41) is 11.2. The second-order valence-corrected chi connectivity index (χ2v) is 5.92. The molecule has 0 radical (unpaired) electrons. The van der Waals surface area contributed by atoms with Gasteiger partial charge in [0.1, 0.15) is 5.75 Å². The predicted octanol–water partition coefficient (Wildman–Crippen LogP) is -0.0789. The van der Waals surface area contributed by atoms with Crippen LogP contribution in [0.4, 0.5) is 0 Å². The highest BCUT2D eigenvalue weighted by Crippen LogP contribution is 2.13. The van der Waals surface area contributed by atoms with E-state index in [0.29, 0.717) is 0 Å². The number of nitrogens with one attached hydrogen (secondary N) is 1. The number of carboxylic acid groups (broad SMARTS) is 1. The van der Waals surface area contributed by atoms with Gasteiger partial charge in [-0.2, -0.15) is 0 Å². The normalized spacial score (nSPS) is 11.1. The van der Waals surface area contributed by atoms with E-state index >= 15 is 0 Å². The molecule has 2 N–H and O–H groups in total. The maximum atomic E-state index is 12.0. The molecule has 0 aliphatic heterocycles. The van der Waals surface area contributed by atoms with Gasteiger partial charge in [0.05, 0.1) is 17.1 Å². The van der Waals surface area contributed by atoms with Crippen molar-refractivity contribution >= 4 is 21.7 Å². The maximum Gasteiger partial charge on any atom is 0.335 e. The second-order valence-electron chi connectivity index (χ2n) is 3.93. The van der Waals surface area contributed by atoms with Gasteiger partial charge in [-0.3, -0.25) is 4.79 Å². The van der Waals surface area contributed by atoms with E-state index in [1.54, 1.807) is 0 Å². The minimum absolute atomic E-state index is 0.147. The monoisotopic (exact) mass is 301 g/mol. The number of sulfone groups is 1. The summed E-state index contributed by atoms with van der Waals surface area (Å²) >= 11 is 0. The van der Waals surface area contributed by atoms with Crippen molar-refractivity contribution in [2.45, 2.75) is 4.90 Å². The van der Waals surface area contributed by atoms with E-state index in [1.165, 1.54) is 25.3 Å². The molecule has 0 unspecified atom stereocenters. The molecule has 20 heavy (non-hydrogen) atoms. The molecule has 0 aliphatic rings. The first-order valence-electron chi connectivity index (χ1n) is 5.68. The molecule has 0 spiro atoms. The van der Waals surface area contributed by atoms with Crippen LogP contribution >= 0.6 is 0 Å². The standard InChI is InChI=1S/C12H15NO6S/c1-19-6-5-13-11(14)8-20(17,18)10-4-2-3-9(7-10)12(15)16/h2-4,7H,5-6,8H2,1H3,(H,13,14)(H,15,16). The lowest BCUT2D eigenvalue weighted by molar-refractivity contribution is -0.118. The fourth-order valence-electron chi connectivity index (χ4n) is 1.42. The van der Waals surface area contributed by atoms with Crippen molar-refractivity contribution in [1.29, 1.82) is 0 Å². The lowest BCUT2D eigenvalue weighted by Gasteiger charge is -2.06. The zero-order valence-corrected chi connectivity index (χ0v) is 11.6. The van der Waals surface area contributed by atoms with Crippen LogP contribution in [0.15, 0.2) is 29.2 Å². The van der Waals surface area contributed by atoms with Crippen molar-refractivity contribution in [3.63, 3.8) is 0 Å². The summed E-state index contributed by atoms with van der Waals surface area (Å²) in [5.74, 6) is -2.63. The average molecular weight is 301 g/mol. The number of rotatable bonds is 7. The number of carboxylic acids is 1. The van der Waals surface area contributed by atoms with E-state index in [-0.39, 0.29) is 23.6 Å². The molecule has 8 heteroatoms. The first kappa shape index (κ1) is 16.1. The van der Waals surface area contributed by atoms with E-state index in [4.69, 9.17) is 9.84 Å². The Morgan fingerprint density at radius 3 is 2.65 bits per heavy atom. The molecule has 7 nitrogen and oxygen atoms in total. The molecule has 0 atom stereocenters. The predicted molar refractivity (Wildman–Crippen MR) is 70.3 cm³/mol. The van der Waals surface area contributed by atoms with E-state index in [1.807, 2.05) is 0 Å². The SMILES string of the molecule is COCCNC(=O)CS(=O)(=O)c1cccc(C(=O)O)c1. The van der Waals surface area contributed by atoms with E-state index in [0.717, 1.165) is 6.07 Å². The van der Waals surface area contributed by atoms with Crippen LogP contribution in [-0.2, 0) is 19.4 Å². The third kappa shape index (κ3) is 4.63. The number of methoxy groups -OCH3 is 1. The quantitative estimate of drug-likeness (QED) is 0.682. The van der Waals surface area contributed by atoms with Crippen molar-refractivity contribution in [2.75, 3.05) is 26.0 Å². The van der Waals surface area contributed by atoms with Crippen LogP contribution in [0, 0.1) is 0 Å². The first-order valence-corrected chi connectivity index (χ1v) is 7.34. The van der Waals surface area contributed by atoms with Gasteiger partial charge in [-0.25, -0.2) is 13.2 Å². The zero-order chi connectivity index (χ0) is 15.2. The van der Waals surface area contributed by atoms with Crippen molar-refractivity contribution in [3.05, 3.63) is 29.8 Å². The average Bonchev–Trinajstić information content (AvgIpc) is 2.38. The largest absolute Gasteiger partial charge is 0.478 e. The number of hydrogen-bond acceptors (Lipinski definition) is 5. The zero-order valence-electron chi connectivity index (χ0n) is 10.8. The Balaban J connectivity index is 2.81. The van der Waals surface area contributed by atoms with Gasteiger partial charge in [-0.1, -0.05) is 6.07 Å². The van der Waals surface area contributed by atoms with Gasteiger partial charge >= 0.3 is 5.97 Å². The summed E-state index contributed by atoms with van der Waals surface area (Å²) in [4.78, 5) is 22.1. The van der Waals surface area contributed by atoms with Gasteiger partial charge in [-0.15, -0.1) is 0 Å². The summed E-state index contributed by atoms with van der Waals surface area (Å²) in [6.07, 6.45) is 0. The minimum Gasteiger partial charge on any atom is -0.478 e. The minimum atomic E-state index is -3.87. The third-order valence-electron chi connectivity index (χ3n) is 2.39. The first-order chi connectivity index (χ1) is 9.36. The van der Waals surface area contributed by atoms with Gasteiger partial charge in [0, 0.05) is 13.7 Å². The van der Waals surface area contributed by atoms with Crippen LogP contribution in [-0.4, -0.2) is 51.4 Å². The highest BCUT2D eigenvalue weighted by atomic mass is 32.2. The lowest BCUT2D eigenvalue weighted by atomic mass is 10.2. The van der Waals surface area contributed by atoms with Crippen LogP contribution < -0.4 is 5.32 Å². The fourth-order valence-corrected chi connectivity index (χ4v) is 2.63. The topological polar surface area (TPSA) is 110 Å². The molecular formula is C12H15NO6S. The summed E-state index contributed by atoms with van der Waals surface area (Å²) < 4.78 is 28.6. The Bertz CT molecular complexity index is 596. The molecule has 0 saturated carbocycles. The molecule has 0 aromatic heterocycles. The molecule has 0 saturated heterocycles. The molecule has 1 rings (SSSR count). The second kappa shape index (κ2) is 7.01. The number of carbonyl (C=O) groups excluding carboxylic acids is 1. The van der Waals surface area contributed by atoms with Crippen LogP contribution in [0.3, 0.4) is 0 Å². The summed E-state index contributed by atoms with van der Waals surface area (Å²) in [7, 11) is -2.41. The summed E-state index contributed by atoms with van der Waals surface area (Å²) in [5.41, 5.74) is -0.147. The highest BCUT2D eigenvalue weighted by Gasteiger charge is 2.20. The lowest BCUT2D eigenvalue weighted by Crippen LogP contribution is -2.32. The number of benzene rings is 1. The van der Waals surface area contributed by atoms with E-state index in [2.05, 4.69) is 5.32 Å². The Labute approximate surface area is 116 Å². The van der Waals surface area contributed by atoms with Crippen molar-refractivity contribution in [3.8, 4) is 0 Å². The maximum absolute atomic E-state index is 12.0. The molecule has 1 amide bonds. The van der Waals surface area contributed by atoms with Gasteiger partial charge in [0.15, 0.2) is 9.84 Å². The molecule has 0 fully saturated rings. The van der Waals surface area contributed by atoms with Crippen LogP contribution in [0.1, 0.15) is 10.4 Å². The van der Waals surface area contributed by atoms with Crippen LogP contribution in [0.25, 0.3) is 0 Å². The molecule has 110 valence electrons. The van der Waals surface area contributed by atoms with Gasteiger partial charge in [0.25, 0.3) is 0 Å². The number of aromatic carboxylic acids is 1. The van der Waals surface area contributed by atoms with Crippen molar-refractivity contribution in [2.24, 2.45) is 0 Å². The number of amides is 1.